The van der Waals surface area contributed by atoms with Crippen LogP contribution in [0.15, 0.2) is 10.2 Å². The number of ether oxygens (including phenoxy) is 1. The molecule has 1 aliphatic carbocycles. The third-order valence-corrected chi connectivity index (χ3v) is 4.12. The number of nitrogens with one attached hydrogen (secondary N) is 1. The molecule has 96 valence electrons. The van der Waals surface area contributed by atoms with Gasteiger partial charge < -0.3 is 9.72 Å². The van der Waals surface area contributed by atoms with Gasteiger partial charge in [0, 0.05) is 13.0 Å². The van der Waals surface area contributed by atoms with Crippen molar-refractivity contribution in [2.75, 3.05) is 13.2 Å². The lowest BCUT2D eigenvalue weighted by atomic mass is 10.1. The molecular weight excluding hydrogens is 248 g/mol. The van der Waals surface area contributed by atoms with Crippen molar-refractivity contribution in [2.24, 2.45) is 0 Å². The third-order valence-electron chi connectivity index (χ3n) is 3.23. The minimum absolute atomic E-state index is 0.00893. The fraction of sp³-hybridized carbons (Fsp3) is 0.538. The van der Waals surface area contributed by atoms with Gasteiger partial charge in [-0.2, -0.15) is 0 Å². The summed E-state index contributed by atoms with van der Waals surface area (Å²) >= 11 is 1.58. The largest absolute Gasteiger partial charge is 0.381 e. The molecule has 2 aromatic heterocycles. The lowest BCUT2D eigenvalue weighted by molar-refractivity contribution is 0.149. The van der Waals surface area contributed by atoms with Gasteiger partial charge >= 0.3 is 0 Å². The van der Waals surface area contributed by atoms with Crippen LogP contribution in [0, 0.1) is 0 Å². The zero-order chi connectivity index (χ0) is 12.5. The Labute approximate surface area is 109 Å². The minimum atomic E-state index is 0.00893. The average Bonchev–Trinajstić information content (AvgIpc) is 3.10. The monoisotopic (exact) mass is 264 g/mol. The number of rotatable bonds is 5. The highest BCUT2D eigenvalue weighted by Crippen LogP contribution is 2.43. The maximum absolute atomic E-state index is 12.1. The topological polar surface area (TPSA) is 55.0 Å². The first-order valence-corrected chi connectivity index (χ1v) is 7.25. The first-order chi connectivity index (χ1) is 8.79. The van der Waals surface area contributed by atoms with E-state index in [1.54, 1.807) is 11.3 Å². The van der Waals surface area contributed by atoms with E-state index in [4.69, 9.17) is 4.74 Å². The molecule has 2 heterocycles. The molecule has 0 radical (unpaired) electrons. The summed E-state index contributed by atoms with van der Waals surface area (Å²) in [5.74, 6) is 1.32. The standard InChI is InChI=1S/C13H16N2O2S/c1-2-17-6-5-10-14-12(16)11-9(8-3-4-8)7-18-13(11)15-10/h7-8H,2-6H2,1H3,(H,14,15,16). The zero-order valence-electron chi connectivity index (χ0n) is 10.4. The molecule has 0 unspecified atom stereocenters. The molecule has 18 heavy (non-hydrogen) atoms. The van der Waals surface area contributed by atoms with Crippen LogP contribution < -0.4 is 5.56 Å². The Morgan fingerprint density at radius 2 is 2.39 bits per heavy atom. The van der Waals surface area contributed by atoms with Crippen LogP contribution in [0.25, 0.3) is 10.2 Å². The number of H-pyrrole nitrogens is 1. The lowest BCUT2D eigenvalue weighted by Crippen LogP contribution is -2.13. The molecule has 0 amide bonds. The summed E-state index contributed by atoms with van der Waals surface area (Å²) < 4.78 is 5.28. The van der Waals surface area contributed by atoms with Gasteiger partial charge in [0.2, 0.25) is 0 Å². The van der Waals surface area contributed by atoms with E-state index in [2.05, 4.69) is 15.3 Å². The Kier molecular flexibility index (Phi) is 3.18. The first kappa shape index (κ1) is 11.9. The van der Waals surface area contributed by atoms with Gasteiger partial charge in [0.1, 0.15) is 10.7 Å². The summed E-state index contributed by atoms with van der Waals surface area (Å²) in [7, 11) is 0. The van der Waals surface area contributed by atoms with Crippen LogP contribution in [-0.2, 0) is 11.2 Å². The van der Waals surface area contributed by atoms with E-state index in [1.165, 1.54) is 18.4 Å². The molecule has 0 bridgehead atoms. The van der Waals surface area contributed by atoms with Gasteiger partial charge in [-0.15, -0.1) is 11.3 Å². The number of thiophene rings is 1. The number of nitrogens with zero attached hydrogens (tertiary/aromatic N) is 1. The SMILES string of the molecule is CCOCCc1nc2scc(C3CC3)c2c(=O)[nH]1. The normalized spacial score (nSPS) is 15.4. The predicted molar refractivity (Wildman–Crippen MR) is 72.4 cm³/mol. The number of hydrogen-bond acceptors (Lipinski definition) is 4. The van der Waals surface area contributed by atoms with Crippen molar-refractivity contribution in [2.45, 2.75) is 32.1 Å². The Hall–Kier alpha value is -1.20. The summed E-state index contributed by atoms with van der Waals surface area (Å²) in [5, 5.41) is 2.90. The van der Waals surface area contributed by atoms with E-state index >= 15 is 0 Å². The minimum Gasteiger partial charge on any atom is -0.381 e. The van der Waals surface area contributed by atoms with Crippen LogP contribution in [0.1, 0.15) is 37.1 Å². The molecule has 1 N–H and O–H groups in total. The van der Waals surface area contributed by atoms with Crippen LogP contribution in [0.5, 0.6) is 0 Å². The zero-order valence-corrected chi connectivity index (χ0v) is 11.2. The van der Waals surface area contributed by atoms with Gasteiger partial charge in [-0.3, -0.25) is 4.79 Å². The van der Waals surface area contributed by atoms with E-state index in [0.29, 0.717) is 25.6 Å². The third kappa shape index (κ3) is 2.20. The van der Waals surface area contributed by atoms with Gasteiger partial charge in [-0.05, 0) is 36.6 Å². The fourth-order valence-corrected chi connectivity index (χ4v) is 3.18. The van der Waals surface area contributed by atoms with Gasteiger partial charge in [0.25, 0.3) is 5.56 Å². The summed E-state index contributed by atoms with van der Waals surface area (Å²) in [6.07, 6.45) is 3.07. The van der Waals surface area contributed by atoms with Crippen molar-refractivity contribution in [3.63, 3.8) is 0 Å². The predicted octanol–water partition coefficient (Wildman–Crippen LogP) is 2.44. The molecule has 0 atom stereocenters. The quantitative estimate of drug-likeness (QED) is 0.844. The van der Waals surface area contributed by atoms with E-state index in [0.717, 1.165) is 16.0 Å². The van der Waals surface area contributed by atoms with Crippen molar-refractivity contribution in [3.05, 3.63) is 27.1 Å². The van der Waals surface area contributed by atoms with Gasteiger partial charge in [-0.25, -0.2) is 4.98 Å². The van der Waals surface area contributed by atoms with Crippen molar-refractivity contribution in [1.29, 1.82) is 0 Å². The summed E-state index contributed by atoms with van der Waals surface area (Å²) in [6, 6.07) is 0. The fourth-order valence-electron chi connectivity index (χ4n) is 2.14. The van der Waals surface area contributed by atoms with Gasteiger partial charge in [-0.1, -0.05) is 0 Å². The molecule has 4 nitrogen and oxygen atoms in total. The lowest BCUT2D eigenvalue weighted by Gasteiger charge is -2.01. The summed E-state index contributed by atoms with van der Waals surface area (Å²) in [5.41, 5.74) is 1.20. The number of hydrogen-bond donors (Lipinski definition) is 1. The summed E-state index contributed by atoms with van der Waals surface area (Å²) in [6.45, 7) is 3.25. The molecule has 0 aliphatic heterocycles. The molecule has 5 heteroatoms. The van der Waals surface area contributed by atoms with Crippen molar-refractivity contribution < 1.29 is 4.74 Å². The van der Waals surface area contributed by atoms with Crippen molar-refractivity contribution >= 4 is 21.6 Å². The maximum atomic E-state index is 12.1. The van der Waals surface area contributed by atoms with Crippen LogP contribution in [0.3, 0.4) is 0 Å². The molecule has 1 fully saturated rings. The highest BCUT2D eigenvalue weighted by atomic mass is 32.1. The Morgan fingerprint density at radius 3 is 3.11 bits per heavy atom. The van der Waals surface area contributed by atoms with E-state index < -0.39 is 0 Å². The number of fused-ring (bicyclic) bond motifs is 1. The molecule has 0 aromatic carbocycles. The van der Waals surface area contributed by atoms with Crippen LogP contribution in [0.2, 0.25) is 0 Å². The first-order valence-electron chi connectivity index (χ1n) is 6.37. The van der Waals surface area contributed by atoms with Gasteiger partial charge in [0.05, 0.1) is 12.0 Å². The Morgan fingerprint density at radius 1 is 1.56 bits per heavy atom. The summed E-state index contributed by atoms with van der Waals surface area (Å²) in [4.78, 5) is 20.4. The highest BCUT2D eigenvalue weighted by molar-refractivity contribution is 7.16. The molecular formula is C13H16N2O2S. The highest BCUT2D eigenvalue weighted by Gasteiger charge is 2.27. The van der Waals surface area contributed by atoms with Crippen molar-refractivity contribution in [1.82, 2.24) is 9.97 Å². The Balaban J connectivity index is 1.93. The second-order valence-corrected chi connectivity index (χ2v) is 5.46. The number of aromatic nitrogens is 2. The van der Waals surface area contributed by atoms with Gasteiger partial charge in [0.15, 0.2) is 0 Å². The molecule has 3 rings (SSSR count). The van der Waals surface area contributed by atoms with E-state index in [1.807, 2.05) is 6.92 Å². The second kappa shape index (κ2) is 4.82. The number of aromatic amines is 1. The van der Waals surface area contributed by atoms with Crippen LogP contribution in [-0.4, -0.2) is 23.2 Å². The molecule has 2 aromatic rings. The van der Waals surface area contributed by atoms with E-state index in [-0.39, 0.29) is 5.56 Å². The van der Waals surface area contributed by atoms with E-state index in [9.17, 15) is 4.79 Å². The van der Waals surface area contributed by atoms with Crippen LogP contribution >= 0.6 is 11.3 Å². The van der Waals surface area contributed by atoms with Crippen molar-refractivity contribution in [3.8, 4) is 0 Å². The average molecular weight is 264 g/mol. The molecule has 1 saturated carbocycles. The molecule has 0 saturated heterocycles. The molecule has 1 aliphatic rings. The molecule has 0 spiro atoms. The smallest absolute Gasteiger partial charge is 0.259 e. The maximum Gasteiger partial charge on any atom is 0.259 e. The Bertz CT molecular complexity index is 613. The van der Waals surface area contributed by atoms with Crippen LogP contribution in [0.4, 0.5) is 0 Å². The second-order valence-electron chi connectivity index (χ2n) is 4.61.